The topological polar surface area (TPSA) is 41.9 Å². The van der Waals surface area contributed by atoms with E-state index in [1.807, 2.05) is 18.3 Å². The van der Waals surface area contributed by atoms with Crippen LogP contribution >= 0.6 is 0 Å². The van der Waals surface area contributed by atoms with Crippen LogP contribution in [0.15, 0.2) is 67.5 Å². The van der Waals surface area contributed by atoms with Crippen LogP contribution in [0.2, 0.25) is 0 Å². The van der Waals surface area contributed by atoms with Gasteiger partial charge in [0.05, 0.1) is 11.4 Å². The van der Waals surface area contributed by atoms with Gasteiger partial charge in [-0.05, 0) is 102 Å². The summed E-state index contributed by atoms with van der Waals surface area (Å²) < 4.78 is 16.5. The number of rotatable bonds is 15. The van der Waals surface area contributed by atoms with Crippen LogP contribution < -0.4 is 10.9 Å². The Morgan fingerprint density at radius 1 is 0.977 bits per heavy atom. The minimum absolute atomic E-state index is 0.108. The summed E-state index contributed by atoms with van der Waals surface area (Å²) in [5, 5.41) is 1.29. The molecule has 0 unspecified atom stereocenters. The molecule has 230 valence electrons. The van der Waals surface area contributed by atoms with Crippen LogP contribution in [0.3, 0.4) is 0 Å². The first-order chi connectivity index (χ1) is 20.7. The van der Waals surface area contributed by atoms with Crippen molar-refractivity contribution in [2.45, 2.75) is 99.2 Å². The van der Waals surface area contributed by atoms with E-state index < -0.39 is 6.67 Å². The zero-order valence-electron chi connectivity index (χ0n) is 27.2. The van der Waals surface area contributed by atoms with Crippen LogP contribution in [-0.2, 0) is 26.1 Å². The highest BCUT2D eigenvalue weighted by Gasteiger charge is 2.25. The second kappa shape index (κ2) is 14.8. The van der Waals surface area contributed by atoms with Crippen molar-refractivity contribution in [1.82, 2.24) is 20.4 Å². The molecule has 0 radical (unpaired) electrons. The fraction of sp³-hybridized carbons (Fsp3) is 0.447. The van der Waals surface area contributed by atoms with Crippen molar-refractivity contribution in [2.24, 2.45) is 5.41 Å². The molecule has 0 atom stereocenters. The molecule has 0 amide bonds. The summed E-state index contributed by atoms with van der Waals surface area (Å²) in [7, 11) is 0. The largest absolute Gasteiger partial charge is 0.340 e. The van der Waals surface area contributed by atoms with Gasteiger partial charge in [0.1, 0.15) is 6.67 Å². The summed E-state index contributed by atoms with van der Waals surface area (Å²) >= 11 is 0. The lowest BCUT2D eigenvalue weighted by molar-refractivity contribution is 0.412. The lowest BCUT2D eigenvalue weighted by atomic mass is 9.85. The molecule has 2 aromatic carbocycles. The molecule has 0 fully saturated rings. The number of hydrazine groups is 1. The predicted molar refractivity (Wildman–Crippen MR) is 182 cm³/mol. The molecule has 4 rings (SSSR count). The van der Waals surface area contributed by atoms with Crippen molar-refractivity contribution in [2.75, 3.05) is 6.54 Å². The number of pyridine rings is 1. The van der Waals surface area contributed by atoms with E-state index in [1.165, 1.54) is 39.7 Å². The van der Waals surface area contributed by atoms with E-state index in [4.69, 9.17) is 4.98 Å². The maximum absolute atomic E-state index is 14.1. The van der Waals surface area contributed by atoms with Crippen molar-refractivity contribution in [3.05, 3.63) is 89.9 Å². The van der Waals surface area contributed by atoms with E-state index in [0.717, 1.165) is 67.6 Å². The number of unbranched alkanes of at least 4 members (excludes halogenated alkanes) is 3. The number of benzene rings is 2. The van der Waals surface area contributed by atoms with E-state index in [-0.39, 0.29) is 5.41 Å². The van der Waals surface area contributed by atoms with Crippen molar-refractivity contribution >= 4 is 10.9 Å². The fourth-order valence-corrected chi connectivity index (χ4v) is 6.22. The van der Waals surface area contributed by atoms with Gasteiger partial charge in [-0.2, -0.15) is 0 Å². The quantitative estimate of drug-likeness (QED) is 0.108. The smallest absolute Gasteiger partial charge is 0.115 e. The maximum atomic E-state index is 14.1. The molecule has 0 aliphatic carbocycles. The van der Waals surface area contributed by atoms with Gasteiger partial charge < -0.3 is 9.99 Å². The third-order valence-electron chi connectivity index (χ3n) is 8.09. The molecule has 2 aromatic heterocycles. The second-order valence-electron chi connectivity index (χ2n) is 13.2. The molecule has 0 aliphatic rings. The van der Waals surface area contributed by atoms with Crippen LogP contribution in [0.25, 0.3) is 33.3 Å². The molecule has 0 saturated heterocycles. The molecule has 2 heterocycles. The highest BCUT2D eigenvalue weighted by Crippen LogP contribution is 2.41. The standard InChI is InChI=1S/C38H51FN4/c1-8-41-42-20-13-11-10-12-15-28-21-29(26-39)23-31(22-28)30-17-18-35-33(24-30)34(25-38(5,6)7)37(43(35)9-2)32-16-14-19-40-36(32)27(3)4/h8,14,16-19,21-24,27,41-42H,1,9-13,15,20,25-26H2,2-7H3. The summed E-state index contributed by atoms with van der Waals surface area (Å²) in [6.45, 7) is 18.6. The summed E-state index contributed by atoms with van der Waals surface area (Å²) in [6, 6.07) is 17.5. The van der Waals surface area contributed by atoms with E-state index >= 15 is 0 Å². The SMILES string of the molecule is C=CNNCCCCCCc1cc(CF)cc(-c2ccc3c(c2)c(CC(C)(C)C)c(-c2cccnc2C(C)C)n3CC)c1. The van der Waals surface area contributed by atoms with Gasteiger partial charge >= 0.3 is 0 Å². The molecule has 0 spiro atoms. The number of nitrogens with zero attached hydrogens (tertiary/aromatic N) is 2. The third kappa shape index (κ3) is 8.14. The second-order valence-corrected chi connectivity index (χ2v) is 13.2. The molecule has 4 aromatic rings. The fourth-order valence-electron chi connectivity index (χ4n) is 6.22. The number of hydrogen-bond donors (Lipinski definition) is 2. The number of alkyl halides is 1. The molecular formula is C38H51FN4. The zero-order chi connectivity index (χ0) is 31.0. The molecule has 0 aliphatic heterocycles. The number of halogens is 1. The summed E-state index contributed by atoms with van der Waals surface area (Å²) in [5.74, 6) is 0.324. The highest BCUT2D eigenvalue weighted by molar-refractivity contribution is 5.95. The van der Waals surface area contributed by atoms with Gasteiger partial charge in [-0.3, -0.25) is 4.98 Å². The molecule has 43 heavy (non-hydrogen) atoms. The number of hydrogen-bond acceptors (Lipinski definition) is 3. The molecule has 4 nitrogen and oxygen atoms in total. The minimum atomic E-state index is -0.449. The monoisotopic (exact) mass is 582 g/mol. The van der Waals surface area contributed by atoms with E-state index in [0.29, 0.717) is 5.92 Å². The molecule has 0 saturated carbocycles. The van der Waals surface area contributed by atoms with Crippen LogP contribution in [0.1, 0.15) is 95.5 Å². The Balaban J connectivity index is 1.73. The Morgan fingerprint density at radius 3 is 2.44 bits per heavy atom. The molecule has 5 heteroatoms. The first kappa shape index (κ1) is 32.5. The highest BCUT2D eigenvalue weighted by atomic mass is 19.1. The summed E-state index contributed by atoms with van der Waals surface area (Å²) in [4.78, 5) is 4.83. The van der Waals surface area contributed by atoms with Gasteiger partial charge in [0.2, 0.25) is 0 Å². The maximum Gasteiger partial charge on any atom is 0.115 e. The average molecular weight is 583 g/mol. The lowest BCUT2D eigenvalue weighted by Crippen LogP contribution is -2.27. The molecule has 0 bridgehead atoms. The van der Waals surface area contributed by atoms with Crippen LogP contribution in [0.5, 0.6) is 0 Å². The van der Waals surface area contributed by atoms with Gasteiger partial charge in [0.15, 0.2) is 0 Å². The lowest BCUT2D eigenvalue weighted by Gasteiger charge is -2.21. The third-order valence-corrected chi connectivity index (χ3v) is 8.09. The Kier molecular flexibility index (Phi) is 11.2. The Morgan fingerprint density at radius 2 is 1.74 bits per heavy atom. The van der Waals surface area contributed by atoms with E-state index in [9.17, 15) is 4.39 Å². The first-order valence-electron chi connectivity index (χ1n) is 16.1. The van der Waals surface area contributed by atoms with Gasteiger partial charge in [-0.25, -0.2) is 9.82 Å². The van der Waals surface area contributed by atoms with Crippen molar-refractivity contribution < 1.29 is 4.39 Å². The van der Waals surface area contributed by atoms with Crippen molar-refractivity contribution in [3.63, 3.8) is 0 Å². The van der Waals surface area contributed by atoms with Crippen molar-refractivity contribution in [3.8, 4) is 22.4 Å². The zero-order valence-corrected chi connectivity index (χ0v) is 27.2. The van der Waals surface area contributed by atoms with E-state index in [1.54, 1.807) is 6.20 Å². The van der Waals surface area contributed by atoms with Gasteiger partial charge in [-0.1, -0.05) is 72.2 Å². The summed E-state index contributed by atoms with van der Waals surface area (Å²) in [5.41, 5.74) is 16.7. The minimum Gasteiger partial charge on any atom is -0.340 e. The van der Waals surface area contributed by atoms with Crippen molar-refractivity contribution in [1.29, 1.82) is 0 Å². The Bertz CT molecular complexity index is 1510. The Labute approximate surface area is 258 Å². The summed E-state index contributed by atoms with van der Waals surface area (Å²) in [6.07, 6.45) is 10.0. The van der Waals surface area contributed by atoms with Crippen LogP contribution in [0, 0.1) is 5.41 Å². The number of aromatic nitrogens is 2. The van der Waals surface area contributed by atoms with Gasteiger partial charge in [-0.15, -0.1) is 0 Å². The Hall–Kier alpha value is -3.44. The predicted octanol–water partition coefficient (Wildman–Crippen LogP) is 9.91. The number of fused-ring (bicyclic) bond motifs is 1. The normalized spacial score (nSPS) is 11.9. The van der Waals surface area contributed by atoms with Gasteiger partial charge in [0.25, 0.3) is 0 Å². The van der Waals surface area contributed by atoms with Crippen LogP contribution in [0.4, 0.5) is 4.39 Å². The number of aryl methyl sites for hydroxylation is 2. The molecule has 2 N–H and O–H groups in total. The van der Waals surface area contributed by atoms with E-state index in [2.05, 4.69) is 99.9 Å². The first-order valence-corrected chi connectivity index (χ1v) is 16.1. The van der Waals surface area contributed by atoms with Gasteiger partial charge in [0, 0.05) is 42.0 Å². The average Bonchev–Trinajstić information content (AvgIpc) is 3.29. The number of nitrogens with one attached hydrogen (secondary N) is 2. The molecular weight excluding hydrogens is 531 g/mol. The van der Waals surface area contributed by atoms with Crippen LogP contribution in [-0.4, -0.2) is 16.1 Å².